The highest BCUT2D eigenvalue weighted by Crippen LogP contribution is 2.35. The lowest BCUT2D eigenvalue weighted by Crippen LogP contribution is -2.22. The van der Waals surface area contributed by atoms with Crippen LogP contribution >= 0.6 is 15.9 Å². The van der Waals surface area contributed by atoms with Gasteiger partial charge < -0.3 is 0 Å². The molecule has 1 aromatic carbocycles. The number of benzene rings is 1. The monoisotopic (exact) mass is 292 g/mol. The zero-order valence-corrected chi connectivity index (χ0v) is 11.9. The molecule has 0 spiro atoms. The number of ketones is 1. The first kappa shape index (κ1) is 12.6. The summed E-state index contributed by atoms with van der Waals surface area (Å²) in [6.45, 7) is 4.33. The zero-order valence-electron chi connectivity index (χ0n) is 10.3. The van der Waals surface area contributed by atoms with E-state index < -0.39 is 0 Å². The highest BCUT2D eigenvalue weighted by molar-refractivity contribution is 9.10. The summed E-state index contributed by atoms with van der Waals surface area (Å²) in [5.41, 5.74) is 2.63. The van der Waals surface area contributed by atoms with Crippen molar-refractivity contribution in [1.82, 2.24) is 0 Å². The third-order valence-electron chi connectivity index (χ3n) is 3.04. The number of hydrogen-bond acceptors (Lipinski definition) is 1. The van der Waals surface area contributed by atoms with Crippen molar-refractivity contribution in [1.29, 1.82) is 0 Å². The number of allylic oxidation sites excluding steroid dienone is 2. The normalized spacial score (nSPS) is 19.0. The molecule has 0 saturated carbocycles. The molecule has 0 N–H and O–H groups in total. The van der Waals surface area contributed by atoms with Gasteiger partial charge in [0, 0.05) is 10.9 Å². The van der Waals surface area contributed by atoms with Crippen molar-refractivity contribution in [2.75, 3.05) is 0 Å². The first-order chi connectivity index (χ1) is 7.94. The molecule has 1 aliphatic rings. The molecule has 0 heterocycles. The maximum Gasteiger partial charge on any atom is 0.156 e. The van der Waals surface area contributed by atoms with Crippen molar-refractivity contribution < 1.29 is 4.79 Å². The van der Waals surface area contributed by atoms with Crippen LogP contribution in [0.3, 0.4) is 0 Å². The minimum atomic E-state index is 0.118. The highest BCUT2D eigenvalue weighted by atomic mass is 79.9. The molecule has 0 amide bonds. The Balaban J connectivity index is 2.16. The van der Waals surface area contributed by atoms with Gasteiger partial charge in [-0.1, -0.05) is 47.5 Å². The van der Waals surface area contributed by atoms with E-state index in [0.29, 0.717) is 6.42 Å². The molecule has 0 atom stereocenters. The molecule has 2 heteroatoms. The summed E-state index contributed by atoms with van der Waals surface area (Å²) in [5.74, 6) is 0.270. The molecule has 2 rings (SSSR count). The molecule has 90 valence electrons. The smallest absolute Gasteiger partial charge is 0.156 e. The molecule has 0 radical (unpaired) electrons. The Morgan fingerprint density at radius 1 is 1.29 bits per heavy atom. The van der Waals surface area contributed by atoms with Crippen LogP contribution in [-0.4, -0.2) is 5.78 Å². The third kappa shape index (κ3) is 3.53. The van der Waals surface area contributed by atoms with E-state index in [1.165, 1.54) is 11.1 Å². The second-order valence-corrected chi connectivity index (χ2v) is 6.51. The van der Waals surface area contributed by atoms with Crippen LogP contribution in [-0.2, 0) is 11.2 Å². The molecule has 0 aliphatic heterocycles. The molecular formula is C15H17BrO. The summed E-state index contributed by atoms with van der Waals surface area (Å²) in [7, 11) is 0. The molecule has 1 aromatic rings. The van der Waals surface area contributed by atoms with Gasteiger partial charge in [0.05, 0.1) is 0 Å². The molecule has 1 nitrogen and oxygen atoms in total. The Bertz CT molecular complexity index is 472. The van der Waals surface area contributed by atoms with E-state index in [-0.39, 0.29) is 11.2 Å². The van der Waals surface area contributed by atoms with Gasteiger partial charge in [0.2, 0.25) is 0 Å². The second-order valence-electron chi connectivity index (χ2n) is 5.59. The summed E-state index contributed by atoms with van der Waals surface area (Å²) in [6, 6.07) is 8.29. The average molecular weight is 293 g/mol. The molecule has 0 aromatic heterocycles. The quantitative estimate of drug-likeness (QED) is 0.794. The number of hydrogen-bond donors (Lipinski definition) is 0. The summed E-state index contributed by atoms with van der Waals surface area (Å²) >= 11 is 3.47. The van der Waals surface area contributed by atoms with E-state index in [2.05, 4.69) is 41.9 Å². The van der Waals surface area contributed by atoms with Crippen LogP contribution in [0.15, 0.2) is 40.4 Å². The van der Waals surface area contributed by atoms with Crippen LogP contribution < -0.4 is 0 Å². The third-order valence-corrected chi connectivity index (χ3v) is 3.54. The molecule has 17 heavy (non-hydrogen) atoms. The Morgan fingerprint density at radius 3 is 2.71 bits per heavy atom. The van der Waals surface area contributed by atoms with Crippen molar-refractivity contribution in [3.8, 4) is 0 Å². The summed E-state index contributed by atoms with van der Waals surface area (Å²) in [4.78, 5) is 11.7. The molecule has 0 saturated heterocycles. The lowest BCUT2D eigenvalue weighted by molar-refractivity contribution is -0.117. The predicted molar refractivity (Wildman–Crippen MR) is 74.0 cm³/mol. The average Bonchev–Trinajstić information content (AvgIpc) is 2.13. The SMILES string of the molecule is CC1(C)CC(=O)C=C(Cc2cccc(Br)c2)C1. The zero-order chi connectivity index (χ0) is 12.5. The van der Waals surface area contributed by atoms with Crippen LogP contribution in [0.1, 0.15) is 32.3 Å². The first-order valence-corrected chi connectivity index (χ1v) is 6.71. The molecule has 0 fully saturated rings. The standard InChI is InChI=1S/C15H17BrO/c1-15(2)9-12(8-14(17)10-15)6-11-4-3-5-13(16)7-11/h3-5,7-8H,6,9-10H2,1-2H3. The molecule has 0 unspecified atom stereocenters. The van der Waals surface area contributed by atoms with Gasteiger partial charge in [-0.15, -0.1) is 0 Å². The van der Waals surface area contributed by atoms with E-state index in [9.17, 15) is 4.79 Å². The topological polar surface area (TPSA) is 17.1 Å². The van der Waals surface area contributed by atoms with Gasteiger partial charge in [0.1, 0.15) is 0 Å². The van der Waals surface area contributed by atoms with E-state index in [1.807, 2.05) is 18.2 Å². The number of carbonyl (C=O) groups is 1. The maximum atomic E-state index is 11.7. The van der Waals surface area contributed by atoms with Crippen LogP contribution in [0.4, 0.5) is 0 Å². The Morgan fingerprint density at radius 2 is 2.06 bits per heavy atom. The van der Waals surface area contributed by atoms with Crippen molar-refractivity contribution in [3.05, 3.63) is 46.0 Å². The van der Waals surface area contributed by atoms with Crippen LogP contribution in [0, 0.1) is 5.41 Å². The Labute approximate surface area is 111 Å². The summed E-state index contributed by atoms with van der Waals surface area (Å²) < 4.78 is 1.09. The van der Waals surface area contributed by atoms with Gasteiger partial charge in [-0.05, 0) is 42.0 Å². The number of rotatable bonds is 2. The Hall–Kier alpha value is -0.890. The van der Waals surface area contributed by atoms with Crippen molar-refractivity contribution in [2.45, 2.75) is 33.1 Å². The lowest BCUT2D eigenvalue weighted by atomic mass is 9.75. The summed E-state index contributed by atoms with van der Waals surface area (Å²) in [5, 5.41) is 0. The van der Waals surface area contributed by atoms with Crippen LogP contribution in [0.25, 0.3) is 0 Å². The van der Waals surface area contributed by atoms with Gasteiger partial charge in [-0.3, -0.25) is 4.79 Å². The highest BCUT2D eigenvalue weighted by Gasteiger charge is 2.27. The van der Waals surface area contributed by atoms with Gasteiger partial charge in [0.15, 0.2) is 5.78 Å². The van der Waals surface area contributed by atoms with Crippen LogP contribution in [0.5, 0.6) is 0 Å². The van der Waals surface area contributed by atoms with Gasteiger partial charge in [-0.2, -0.15) is 0 Å². The second kappa shape index (κ2) is 4.77. The van der Waals surface area contributed by atoms with Crippen molar-refractivity contribution >= 4 is 21.7 Å². The van der Waals surface area contributed by atoms with Crippen molar-refractivity contribution in [2.24, 2.45) is 5.41 Å². The van der Waals surface area contributed by atoms with E-state index in [4.69, 9.17) is 0 Å². The summed E-state index contributed by atoms with van der Waals surface area (Å²) in [6.07, 6.45) is 4.42. The van der Waals surface area contributed by atoms with Gasteiger partial charge in [0.25, 0.3) is 0 Å². The van der Waals surface area contributed by atoms with Crippen molar-refractivity contribution in [3.63, 3.8) is 0 Å². The molecular weight excluding hydrogens is 276 g/mol. The fraction of sp³-hybridized carbons (Fsp3) is 0.400. The van der Waals surface area contributed by atoms with E-state index in [1.54, 1.807) is 0 Å². The number of carbonyl (C=O) groups excluding carboxylic acids is 1. The van der Waals surface area contributed by atoms with E-state index in [0.717, 1.165) is 17.3 Å². The Kier molecular flexibility index (Phi) is 3.53. The minimum absolute atomic E-state index is 0.118. The van der Waals surface area contributed by atoms with Crippen LogP contribution in [0.2, 0.25) is 0 Å². The largest absolute Gasteiger partial charge is 0.295 e. The number of halogens is 1. The maximum absolute atomic E-state index is 11.7. The minimum Gasteiger partial charge on any atom is -0.295 e. The predicted octanol–water partition coefficient (Wildman–Crippen LogP) is 4.31. The lowest BCUT2D eigenvalue weighted by Gasteiger charge is -2.28. The molecule has 0 bridgehead atoms. The van der Waals surface area contributed by atoms with E-state index >= 15 is 0 Å². The van der Waals surface area contributed by atoms with Gasteiger partial charge >= 0.3 is 0 Å². The molecule has 1 aliphatic carbocycles. The first-order valence-electron chi connectivity index (χ1n) is 5.91. The fourth-order valence-electron chi connectivity index (χ4n) is 2.50. The fourth-order valence-corrected chi connectivity index (χ4v) is 2.95. The van der Waals surface area contributed by atoms with Gasteiger partial charge in [-0.25, -0.2) is 0 Å².